The first-order valence-corrected chi connectivity index (χ1v) is 7.69. The molecule has 0 radical (unpaired) electrons. The molecule has 3 rings (SSSR count). The Bertz CT molecular complexity index is 702. The van der Waals surface area contributed by atoms with Crippen molar-refractivity contribution in [2.75, 3.05) is 0 Å². The second kappa shape index (κ2) is 4.98. The molecule has 1 saturated carbocycles. The van der Waals surface area contributed by atoms with Gasteiger partial charge in [0, 0.05) is 12.1 Å². The number of carboxylic acids is 1. The topological polar surface area (TPSA) is 68.0 Å². The van der Waals surface area contributed by atoms with Crippen LogP contribution in [0.1, 0.15) is 51.3 Å². The molecule has 2 aromatic heterocycles. The van der Waals surface area contributed by atoms with Gasteiger partial charge in [0.15, 0.2) is 5.65 Å². The SMILES string of the molecule is CCC(CC)(C(=O)O)n1c(C2CC2)nc2cc(Cl)cnc21. The van der Waals surface area contributed by atoms with E-state index in [0.29, 0.717) is 34.9 Å². The fourth-order valence-electron chi connectivity index (χ4n) is 2.96. The van der Waals surface area contributed by atoms with Crippen molar-refractivity contribution in [1.82, 2.24) is 14.5 Å². The molecule has 1 N–H and O–H groups in total. The Balaban J connectivity index is 2.33. The minimum atomic E-state index is -0.993. The fraction of sp³-hybridized carbons (Fsp3) is 0.533. The molecular formula is C15H18ClN3O2. The number of hydrogen-bond donors (Lipinski definition) is 1. The quantitative estimate of drug-likeness (QED) is 0.917. The van der Waals surface area contributed by atoms with E-state index in [9.17, 15) is 9.90 Å². The number of imidazole rings is 1. The third kappa shape index (κ3) is 2.11. The maximum Gasteiger partial charge on any atom is 0.329 e. The molecule has 2 aromatic rings. The summed E-state index contributed by atoms with van der Waals surface area (Å²) in [5.41, 5.74) is 0.303. The summed E-state index contributed by atoms with van der Waals surface area (Å²) in [6.45, 7) is 3.80. The van der Waals surface area contributed by atoms with Crippen molar-refractivity contribution in [3.05, 3.63) is 23.1 Å². The molecular weight excluding hydrogens is 290 g/mol. The average Bonchev–Trinajstić information content (AvgIpc) is 3.23. The van der Waals surface area contributed by atoms with Crippen LogP contribution < -0.4 is 0 Å². The number of carbonyl (C=O) groups is 1. The van der Waals surface area contributed by atoms with Gasteiger partial charge in [-0.2, -0.15) is 0 Å². The van der Waals surface area contributed by atoms with E-state index in [4.69, 9.17) is 11.6 Å². The Kier molecular flexibility index (Phi) is 3.40. The third-order valence-electron chi connectivity index (χ3n) is 4.43. The van der Waals surface area contributed by atoms with E-state index in [1.807, 2.05) is 18.4 Å². The van der Waals surface area contributed by atoms with Crippen LogP contribution in [-0.2, 0) is 10.3 Å². The zero-order valence-corrected chi connectivity index (χ0v) is 12.9. The zero-order chi connectivity index (χ0) is 15.2. The highest BCUT2D eigenvalue weighted by molar-refractivity contribution is 6.31. The van der Waals surface area contributed by atoms with Gasteiger partial charge in [0.1, 0.15) is 16.9 Å². The van der Waals surface area contributed by atoms with Crippen LogP contribution in [0.3, 0.4) is 0 Å². The second-order valence-corrected chi connectivity index (χ2v) is 6.06. The van der Waals surface area contributed by atoms with Gasteiger partial charge in [0.05, 0.1) is 5.02 Å². The molecule has 0 atom stereocenters. The normalized spacial score (nSPS) is 15.6. The summed E-state index contributed by atoms with van der Waals surface area (Å²) in [4.78, 5) is 21.0. The first-order valence-electron chi connectivity index (χ1n) is 7.31. The van der Waals surface area contributed by atoms with Gasteiger partial charge in [-0.15, -0.1) is 0 Å². The number of aromatic nitrogens is 3. The molecule has 2 heterocycles. The molecule has 5 nitrogen and oxygen atoms in total. The Morgan fingerprint density at radius 1 is 1.48 bits per heavy atom. The molecule has 1 aliphatic carbocycles. The molecule has 1 fully saturated rings. The van der Waals surface area contributed by atoms with Crippen molar-refractivity contribution in [3.63, 3.8) is 0 Å². The fourth-order valence-corrected chi connectivity index (χ4v) is 3.11. The van der Waals surface area contributed by atoms with Crippen molar-refractivity contribution in [1.29, 1.82) is 0 Å². The summed E-state index contributed by atoms with van der Waals surface area (Å²) in [6, 6.07) is 1.75. The number of carboxylic acid groups (broad SMARTS) is 1. The lowest BCUT2D eigenvalue weighted by molar-refractivity contribution is -0.148. The highest BCUT2D eigenvalue weighted by Gasteiger charge is 2.43. The summed E-state index contributed by atoms with van der Waals surface area (Å²) >= 11 is 5.99. The molecule has 21 heavy (non-hydrogen) atoms. The number of halogens is 1. The van der Waals surface area contributed by atoms with Crippen LogP contribution in [0.25, 0.3) is 11.2 Å². The lowest BCUT2D eigenvalue weighted by Crippen LogP contribution is -2.42. The summed E-state index contributed by atoms with van der Waals surface area (Å²) in [5, 5.41) is 10.4. The number of rotatable bonds is 5. The van der Waals surface area contributed by atoms with Gasteiger partial charge in [-0.1, -0.05) is 25.4 Å². The summed E-state index contributed by atoms with van der Waals surface area (Å²) in [5.74, 6) is 0.353. The van der Waals surface area contributed by atoms with Crippen molar-refractivity contribution in [3.8, 4) is 0 Å². The smallest absolute Gasteiger partial charge is 0.329 e. The van der Waals surface area contributed by atoms with Gasteiger partial charge >= 0.3 is 5.97 Å². The second-order valence-electron chi connectivity index (χ2n) is 5.62. The minimum Gasteiger partial charge on any atom is -0.479 e. The van der Waals surface area contributed by atoms with Crippen LogP contribution in [0.2, 0.25) is 5.02 Å². The Morgan fingerprint density at radius 3 is 2.67 bits per heavy atom. The van der Waals surface area contributed by atoms with Crippen molar-refractivity contribution in [2.24, 2.45) is 0 Å². The van der Waals surface area contributed by atoms with E-state index in [-0.39, 0.29) is 0 Å². The molecule has 6 heteroatoms. The highest BCUT2D eigenvalue weighted by Crippen LogP contribution is 2.44. The largest absolute Gasteiger partial charge is 0.479 e. The molecule has 0 bridgehead atoms. The maximum atomic E-state index is 12.0. The number of aliphatic carboxylic acids is 1. The van der Waals surface area contributed by atoms with Crippen molar-refractivity contribution < 1.29 is 9.90 Å². The van der Waals surface area contributed by atoms with E-state index in [1.54, 1.807) is 12.3 Å². The maximum absolute atomic E-state index is 12.0. The predicted octanol–water partition coefficient (Wildman–Crippen LogP) is 3.56. The van der Waals surface area contributed by atoms with Crippen LogP contribution in [0.4, 0.5) is 0 Å². The summed E-state index contributed by atoms with van der Waals surface area (Å²) < 4.78 is 1.85. The van der Waals surface area contributed by atoms with Gasteiger partial charge in [-0.05, 0) is 31.7 Å². The Morgan fingerprint density at radius 2 is 2.14 bits per heavy atom. The van der Waals surface area contributed by atoms with Crippen LogP contribution >= 0.6 is 11.6 Å². The van der Waals surface area contributed by atoms with Crippen LogP contribution in [0.5, 0.6) is 0 Å². The average molecular weight is 308 g/mol. The first kappa shape index (κ1) is 14.3. The standard InChI is InChI=1S/C15H18ClN3O2/c1-3-15(4-2,14(20)21)19-12(9-5-6-9)18-11-7-10(16)8-17-13(11)19/h7-9H,3-6H2,1-2H3,(H,20,21). The highest BCUT2D eigenvalue weighted by atomic mass is 35.5. The van der Waals surface area contributed by atoms with Crippen molar-refractivity contribution in [2.45, 2.75) is 51.0 Å². The lowest BCUT2D eigenvalue weighted by Gasteiger charge is -2.30. The predicted molar refractivity (Wildman–Crippen MR) is 80.7 cm³/mol. The Hall–Kier alpha value is -1.62. The van der Waals surface area contributed by atoms with Crippen molar-refractivity contribution >= 4 is 28.7 Å². The van der Waals surface area contributed by atoms with Gasteiger partial charge < -0.3 is 5.11 Å². The third-order valence-corrected chi connectivity index (χ3v) is 4.63. The number of hydrogen-bond acceptors (Lipinski definition) is 3. The van der Waals surface area contributed by atoms with Gasteiger partial charge in [0.2, 0.25) is 0 Å². The molecule has 0 amide bonds. The lowest BCUT2D eigenvalue weighted by atomic mass is 9.92. The summed E-state index contributed by atoms with van der Waals surface area (Å²) in [6.07, 6.45) is 4.65. The monoisotopic (exact) mass is 307 g/mol. The van der Waals surface area contributed by atoms with Gasteiger partial charge in [-0.3, -0.25) is 4.57 Å². The molecule has 1 aliphatic rings. The van der Waals surface area contributed by atoms with Crippen LogP contribution in [-0.4, -0.2) is 25.6 Å². The van der Waals surface area contributed by atoms with E-state index < -0.39 is 11.5 Å². The van der Waals surface area contributed by atoms with E-state index >= 15 is 0 Å². The minimum absolute atomic E-state index is 0.342. The number of pyridine rings is 1. The molecule has 0 spiro atoms. The van der Waals surface area contributed by atoms with E-state index in [0.717, 1.165) is 18.7 Å². The van der Waals surface area contributed by atoms with Gasteiger partial charge in [0.25, 0.3) is 0 Å². The molecule has 112 valence electrons. The van der Waals surface area contributed by atoms with Crippen LogP contribution in [0, 0.1) is 0 Å². The number of nitrogens with zero attached hydrogens (tertiary/aromatic N) is 3. The van der Waals surface area contributed by atoms with E-state index in [2.05, 4.69) is 9.97 Å². The molecule has 0 aliphatic heterocycles. The van der Waals surface area contributed by atoms with E-state index in [1.165, 1.54) is 0 Å². The summed E-state index contributed by atoms with van der Waals surface area (Å²) in [7, 11) is 0. The molecule has 0 saturated heterocycles. The van der Waals surface area contributed by atoms with Gasteiger partial charge in [-0.25, -0.2) is 14.8 Å². The molecule has 0 unspecified atom stereocenters. The first-order chi connectivity index (χ1) is 10.0. The van der Waals surface area contributed by atoms with Crippen LogP contribution in [0.15, 0.2) is 12.3 Å². The Labute approximate surface area is 128 Å². The zero-order valence-electron chi connectivity index (χ0n) is 12.1. The number of fused-ring (bicyclic) bond motifs is 1. The molecule has 0 aromatic carbocycles.